The summed E-state index contributed by atoms with van der Waals surface area (Å²) in [5.41, 5.74) is -1.37. The predicted octanol–water partition coefficient (Wildman–Crippen LogP) is 0.737. The first-order valence-corrected chi connectivity index (χ1v) is 6.07. The van der Waals surface area contributed by atoms with Crippen molar-refractivity contribution in [3.8, 4) is 0 Å². The number of hydrogen-bond acceptors (Lipinski definition) is 4. The lowest BCUT2D eigenvalue weighted by molar-refractivity contribution is -0.144. The van der Waals surface area contributed by atoms with Gasteiger partial charge >= 0.3 is 18.0 Å². The molecule has 0 radical (unpaired) electrons. The number of aliphatic carboxylic acids is 1. The highest BCUT2D eigenvalue weighted by Crippen LogP contribution is 2.10. The summed E-state index contributed by atoms with van der Waals surface area (Å²) in [6.45, 7) is 6.54. The molecular weight excluding hydrogens is 252 g/mol. The molecule has 0 aliphatic carbocycles. The van der Waals surface area contributed by atoms with Crippen LogP contribution >= 0.6 is 0 Å². The lowest BCUT2D eigenvalue weighted by Crippen LogP contribution is -2.58. The van der Waals surface area contributed by atoms with Crippen LogP contribution in [0.25, 0.3) is 0 Å². The molecule has 7 heteroatoms. The number of hydrogen-bond donors (Lipinski definition) is 3. The average molecular weight is 274 g/mol. The summed E-state index contributed by atoms with van der Waals surface area (Å²) >= 11 is 0. The highest BCUT2D eigenvalue weighted by atomic mass is 16.5. The van der Waals surface area contributed by atoms with E-state index in [9.17, 15) is 14.4 Å². The minimum atomic E-state index is -1.37. The van der Waals surface area contributed by atoms with Crippen molar-refractivity contribution in [2.45, 2.75) is 45.7 Å². The molecule has 0 heterocycles. The van der Waals surface area contributed by atoms with Crippen LogP contribution in [0.2, 0.25) is 0 Å². The summed E-state index contributed by atoms with van der Waals surface area (Å²) in [4.78, 5) is 34.3. The number of carboxylic acid groups (broad SMARTS) is 1. The molecule has 0 bridgehead atoms. The molecule has 0 aromatic carbocycles. The molecule has 0 saturated heterocycles. The van der Waals surface area contributed by atoms with Gasteiger partial charge in [-0.1, -0.05) is 20.8 Å². The molecule has 0 aliphatic rings. The standard InChI is InChI=1S/C12H22N2O5/c1-6-12(4,10(16)17)14-11(18)13-8(7(2)3)9(15)19-5/h7-8H,6H2,1-5H3,(H,16,17)(H2,13,14,18). The number of carbonyl (C=O) groups excluding carboxylic acids is 2. The summed E-state index contributed by atoms with van der Waals surface area (Å²) in [7, 11) is 1.23. The average Bonchev–Trinajstić information content (AvgIpc) is 2.34. The number of carboxylic acids is 1. The third-order valence-electron chi connectivity index (χ3n) is 2.98. The number of amides is 2. The van der Waals surface area contributed by atoms with Crippen LogP contribution in [0.5, 0.6) is 0 Å². The topological polar surface area (TPSA) is 105 Å². The summed E-state index contributed by atoms with van der Waals surface area (Å²) in [6, 6.07) is -1.53. The molecule has 2 atom stereocenters. The monoisotopic (exact) mass is 274 g/mol. The van der Waals surface area contributed by atoms with Crippen LogP contribution in [0, 0.1) is 5.92 Å². The maximum atomic E-state index is 11.8. The molecule has 3 N–H and O–H groups in total. The Hall–Kier alpha value is -1.79. The van der Waals surface area contributed by atoms with Crippen molar-refractivity contribution < 1.29 is 24.2 Å². The fourth-order valence-corrected chi connectivity index (χ4v) is 1.35. The van der Waals surface area contributed by atoms with E-state index in [0.717, 1.165) is 0 Å². The molecular formula is C12H22N2O5. The fraction of sp³-hybridized carbons (Fsp3) is 0.750. The second-order valence-corrected chi connectivity index (χ2v) is 4.83. The number of rotatable bonds is 6. The van der Waals surface area contributed by atoms with Gasteiger partial charge in [0, 0.05) is 0 Å². The Morgan fingerprint density at radius 1 is 1.32 bits per heavy atom. The van der Waals surface area contributed by atoms with Gasteiger partial charge in [-0.15, -0.1) is 0 Å². The van der Waals surface area contributed by atoms with Gasteiger partial charge in [-0.25, -0.2) is 14.4 Å². The largest absolute Gasteiger partial charge is 0.480 e. The second kappa shape index (κ2) is 6.96. The Balaban J connectivity index is 4.76. The summed E-state index contributed by atoms with van der Waals surface area (Å²) in [5, 5.41) is 13.8. The van der Waals surface area contributed by atoms with Crippen LogP contribution < -0.4 is 10.6 Å². The van der Waals surface area contributed by atoms with E-state index < -0.39 is 29.6 Å². The number of nitrogens with one attached hydrogen (secondary N) is 2. The van der Waals surface area contributed by atoms with Gasteiger partial charge in [0.25, 0.3) is 0 Å². The molecule has 0 aromatic rings. The van der Waals surface area contributed by atoms with Gasteiger partial charge in [0.2, 0.25) is 0 Å². The van der Waals surface area contributed by atoms with Gasteiger partial charge in [-0.05, 0) is 19.3 Å². The molecule has 110 valence electrons. The van der Waals surface area contributed by atoms with Crippen molar-refractivity contribution in [3.63, 3.8) is 0 Å². The normalized spacial score (nSPS) is 15.3. The Kier molecular flexibility index (Phi) is 6.31. The van der Waals surface area contributed by atoms with Crippen LogP contribution in [-0.2, 0) is 14.3 Å². The fourth-order valence-electron chi connectivity index (χ4n) is 1.35. The molecule has 0 fully saturated rings. The van der Waals surface area contributed by atoms with E-state index in [-0.39, 0.29) is 12.3 Å². The summed E-state index contributed by atoms with van der Waals surface area (Å²) in [6.07, 6.45) is 0.223. The number of ether oxygens (including phenoxy) is 1. The lowest BCUT2D eigenvalue weighted by Gasteiger charge is -2.27. The first kappa shape index (κ1) is 17.2. The summed E-state index contributed by atoms with van der Waals surface area (Å²) in [5.74, 6) is -1.88. The van der Waals surface area contributed by atoms with E-state index in [0.29, 0.717) is 0 Å². The Labute approximate surface area is 112 Å². The van der Waals surface area contributed by atoms with E-state index in [1.807, 2.05) is 0 Å². The number of urea groups is 1. The molecule has 0 saturated carbocycles. The van der Waals surface area contributed by atoms with Crippen molar-refractivity contribution in [2.24, 2.45) is 5.92 Å². The number of methoxy groups -OCH3 is 1. The van der Waals surface area contributed by atoms with E-state index in [4.69, 9.17) is 5.11 Å². The van der Waals surface area contributed by atoms with Crippen molar-refractivity contribution >= 4 is 18.0 Å². The van der Waals surface area contributed by atoms with Crippen LogP contribution in [-0.4, -0.2) is 41.8 Å². The maximum absolute atomic E-state index is 11.8. The van der Waals surface area contributed by atoms with Gasteiger partial charge in [0.15, 0.2) is 0 Å². The van der Waals surface area contributed by atoms with Crippen molar-refractivity contribution in [2.75, 3.05) is 7.11 Å². The van der Waals surface area contributed by atoms with Crippen LogP contribution in [0.1, 0.15) is 34.1 Å². The first-order valence-electron chi connectivity index (χ1n) is 6.07. The molecule has 0 rings (SSSR count). The zero-order chi connectivity index (χ0) is 15.2. The van der Waals surface area contributed by atoms with Crippen molar-refractivity contribution in [3.05, 3.63) is 0 Å². The van der Waals surface area contributed by atoms with Crippen LogP contribution in [0.15, 0.2) is 0 Å². The van der Waals surface area contributed by atoms with E-state index in [2.05, 4.69) is 15.4 Å². The Morgan fingerprint density at radius 2 is 1.84 bits per heavy atom. The maximum Gasteiger partial charge on any atom is 0.329 e. The minimum Gasteiger partial charge on any atom is -0.480 e. The number of esters is 1. The van der Waals surface area contributed by atoms with E-state index in [1.165, 1.54) is 14.0 Å². The molecule has 0 aromatic heterocycles. The van der Waals surface area contributed by atoms with E-state index in [1.54, 1.807) is 20.8 Å². The first-order chi connectivity index (χ1) is 8.67. The highest BCUT2D eigenvalue weighted by molar-refractivity contribution is 5.88. The zero-order valence-electron chi connectivity index (χ0n) is 11.9. The number of carbonyl (C=O) groups is 3. The third kappa shape index (κ3) is 4.76. The SMILES string of the molecule is CCC(C)(NC(=O)NC(C(=O)OC)C(C)C)C(=O)O. The Bertz CT molecular complexity index is 356. The molecule has 7 nitrogen and oxygen atoms in total. The van der Waals surface area contributed by atoms with Crippen LogP contribution in [0.3, 0.4) is 0 Å². The Morgan fingerprint density at radius 3 is 2.16 bits per heavy atom. The molecule has 2 unspecified atom stereocenters. The summed E-state index contributed by atoms with van der Waals surface area (Å²) < 4.78 is 4.58. The van der Waals surface area contributed by atoms with Gasteiger partial charge in [-0.3, -0.25) is 0 Å². The zero-order valence-corrected chi connectivity index (χ0v) is 11.9. The predicted molar refractivity (Wildman–Crippen MR) is 68.6 cm³/mol. The molecule has 0 aliphatic heterocycles. The van der Waals surface area contributed by atoms with Crippen LogP contribution in [0.4, 0.5) is 4.79 Å². The lowest BCUT2D eigenvalue weighted by atomic mass is 9.99. The molecule has 2 amide bonds. The van der Waals surface area contributed by atoms with Gasteiger partial charge in [0.05, 0.1) is 7.11 Å². The van der Waals surface area contributed by atoms with E-state index >= 15 is 0 Å². The molecule has 19 heavy (non-hydrogen) atoms. The quantitative estimate of drug-likeness (QED) is 0.619. The van der Waals surface area contributed by atoms with Gasteiger partial charge < -0.3 is 20.5 Å². The molecule has 0 spiro atoms. The van der Waals surface area contributed by atoms with Gasteiger partial charge in [0.1, 0.15) is 11.6 Å². The smallest absolute Gasteiger partial charge is 0.329 e. The highest BCUT2D eigenvalue weighted by Gasteiger charge is 2.34. The second-order valence-electron chi connectivity index (χ2n) is 4.83. The van der Waals surface area contributed by atoms with Crippen molar-refractivity contribution in [1.82, 2.24) is 10.6 Å². The van der Waals surface area contributed by atoms with Crippen molar-refractivity contribution in [1.29, 1.82) is 0 Å². The third-order valence-corrected chi connectivity index (χ3v) is 2.98. The van der Waals surface area contributed by atoms with Gasteiger partial charge in [-0.2, -0.15) is 0 Å². The minimum absolute atomic E-state index is 0.170.